The number of hydrogen-bond acceptors (Lipinski definition) is 5. The first-order valence-corrected chi connectivity index (χ1v) is 6.45. The van der Waals surface area contributed by atoms with Crippen molar-refractivity contribution in [2.75, 3.05) is 24.4 Å². The Balaban J connectivity index is 2.15. The van der Waals surface area contributed by atoms with Gasteiger partial charge in [0, 0.05) is 25.7 Å². The summed E-state index contributed by atoms with van der Waals surface area (Å²) in [5.74, 6) is -0.935. The number of methoxy groups -OCH3 is 1. The molecule has 1 atom stereocenters. The number of hydrogen-bond donors (Lipinski definition) is 3. The summed E-state index contributed by atoms with van der Waals surface area (Å²) in [4.78, 5) is 23.1. The van der Waals surface area contributed by atoms with Crippen LogP contribution in [0.1, 0.15) is 28.8 Å². The largest absolute Gasteiger partial charge is 0.478 e. The Hall–Kier alpha value is -2.08. The highest BCUT2D eigenvalue weighted by molar-refractivity contribution is 6.00. The van der Waals surface area contributed by atoms with E-state index in [-0.39, 0.29) is 5.78 Å². The van der Waals surface area contributed by atoms with Gasteiger partial charge in [0.2, 0.25) is 0 Å². The van der Waals surface area contributed by atoms with Gasteiger partial charge in [-0.2, -0.15) is 0 Å². The quantitative estimate of drug-likeness (QED) is 0.544. The van der Waals surface area contributed by atoms with Gasteiger partial charge in [0.25, 0.3) is 0 Å². The Morgan fingerprint density at radius 1 is 1.30 bits per heavy atom. The summed E-state index contributed by atoms with van der Waals surface area (Å²) in [5.41, 5.74) is 2.83. The number of fused-ring (bicyclic) bond motifs is 1. The molecule has 0 bridgehead atoms. The van der Waals surface area contributed by atoms with Crippen LogP contribution in [0.3, 0.4) is 0 Å². The van der Waals surface area contributed by atoms with Crippen LogP contribution in [0, 0.1) is 6.92 Å². The van der Waals surface area contributed by atoms with Crippen molar-refractivity contribution in [1.29, 1.82) is 0 Å². The van der Waals surface area contributed by atoms with Gasteiger partial charge < -0.3 is 20.5 Å². The number of Topliss-reactive ketones (excluding diaryl/α,β-unsaturated/α-hetero) is 1. The highest BCUT2D eigenvalue weighted by Gasteiger charge is 2.26. The van der Waals surface area contributed by atoms with E-state index in [0.29, 0.717) is 36.4 Å². The average Bonchev–Trinajstić information content (AvgIpc) is 2.80. The Morgan fingerprint density at radius 2 is 1.95 bits per heavy atom. The molecule has 3 N–H and O–H groups in total. The van der Waals surface area contributed by atoms with E-state index in [2.05, 4.69) is 10.6 Å². The zero-order chi connectivity index (χ0) is 14.7. The van der Waals surface area contributed by atoms with Crippen molar-refractivity contribution in [3.8, 4) is 0 Å². The number of carbonyl (C=O) groups is 2. The molecule has 0 radical (unpaired) electrons. The summed E-state index contributed by atoms with van der Waals surface area (Å²) >= 11 is 0. The van der Waals surface area contributed by atoms with Crippen LogP contribution in [0.15, 0.2) is 12.1 Å². The lowest BCUT2D eigenvalue weighted by atomic mass is 10.00. The van der Waals surface area contributed by atoms with Gasteiger partial charge in [-0.05, 0) is 31.0 Å². The zero-order valence-electron chi connectivity index (χ0n) is 11.5. The first kappa shape index (κ1) is 14.3. The van der Waals surface area contributed by atoms with Crippen LogP contribution in [-0.2, 0) is 9.53 Å². The second-order valence-electron chi connectivity index (χ2n) is 4.79. The third kappa shape index (κ3) is 2.91. The van der Waals surface area contributed by atoms with Crippen LogP contribution in [0.4, 0.5) is 11.4 Å². The normalized spacial score (nSPS) is 16.2. The molecule has 0 aliphatic carbocycles. The van der Waals surface area contributed by atoms with E-state index in [1.54, 1.807) is 19.2 Å². The first-order valence-electron chi connectivity index (χ1n) is 6.45. The fraction of sp³-hybridized carbons (Fsp3) is 0.429. The summed E-state index contributed by atoms with van der Waals surface area (Å²) < 4.78 is 4.93. The van der Waals surface area contributed by atoms with Gasteiger partial charge >= 0.3 is 5.97 Å². The van der Waals surface area contributed by atoms with E-state index < -0.39 is 12.1 Å². The summed E-state index contributed by atoms with van der Waals surface area (Å²) in [5, 5.41) is 14.7. The molecular weight excluding hydrogens is 260 g/mol. The number of ether oxygens (including phenoxy) is 1. The smallest absolute Gasteiger partial charge is 0.347 e. The minimum Gasteiger partial charge on any atom is -0.478 e. The SMILES string of the molecule is COCCCC(=O)c1cc2c(cc1C)NC(C(=O)O)N2. The predicted molar refractivity (Wildman–Crippen MR) is 75.3 cm³/mol. The molecule has 0 aromatic heterocycles. The van der Waals surface area contributed by atoms with Crippen LogP contribution in [0.2, 0.25) is 0 Å². The maximum Gasteiger partial charge on any atom is 0.347 e. The van der Waals surface area contributed by atoms with E-state index in [1.165, 1.54) is 0 Å². The molecule has 0 amide bonds. The van der Waals surface area contributed by atoms with Gasteiger partial charge in [-0.25, -0.2) is 4.79 Å². The number of benzene rings is 1. The summed E-state index contributed by atoms with van der Waals surface area (Å²) in [6.45, 7) is 2.40. The predicted octanol–water partition coefficient (Wildman–Crippen LogP) is 1.85. The summed E-state index contributed by atoms with van der Waals surface area (Å²) in [6, 6.07) is 3.52. The van der Waals surface area contributed by atoms with Crippen molar-refractivity contribution in [3.05, 3.63) is 23.3 Å². The van der Waals surface area contributed by atoms with E-state index >= 15 is 0 Å². The Morgan fingerprint density at radius 3 is 2.55 bits per heavy atom. The van der Waals surface area contributed by atoms with E-state index in [0.717, 1.165) is 5.56 Å². The molecule has 1 unspecified atom stereocenters. The third-order valence-electron chi connectivity index (χ3n) is 3.26. The molecule has 0 spiro atoms. The number of nitrogens with one attached hydrogen (secondary N) is 2. The van der Waals surface area contributed by atoms with Gasteiger partial charge in [0.1, 0.15) is 0 Å². The van der Waals surface area contributed by atoms with Crippen LogP contribution in [-0.4, -0.2) is 36.7 Å². The second kappa shape index (κ2) is 5.92. The average molecular weight is 278 g/mol. The van der Waals surface area contributed by atoms with Gasteiger partial charge in [-0.15, -0.1) is 0 Å². The fourth-order valence-corrected chi connectivity index (χ4v) is 2.23. The number of aliphatic carboxylic acids is 1. The highest BCUT2D eigenvalue weighted by atomic mass is 16.5. The van der Waals surface area contributed by atoms with Crippen molar-refractivity contribution in [1.82, 2.24) is 0 Å². The van der Waals surface area contributed by atoms with Crippen molar-refractivity contribution in [3.63, 3.8) is 0 Å². The monoisotopic (exact) mass is 278 g/mol. The van der Waals surface area contributed by atoms with Gasteiger partial charge in [-0.1, -0.05) is 0 Å². The number of carboxylic acids is 1. The molecule has 1 heterocycles. The minimum atomic E-state index is -0.980. The molecule has 2 rings (SSSR count). The van der Waals surface area contributed by atoms with Crippen LogP contribution in [0.5, 0.6) is 0 Å². The fourth-order valence-electron chi connectivity index (χ4n) is 2.23. The van der Waals surface area contributed by atoms with E-state index in [1.807, 2.05) is 6.92 Å². The van der Waals surface area contributed by atoms with Crippen molar-refractivity contribution >= 4 is 23.1 Å². The highest BCUT2D eigenvalue weighted by Crippen LogP contribution is 2.32. The van der Waals surface area contributed by atoms with Crippen LogP contribution < -0.4 is 10.6 Å². The molecule has 1 aliphatic rings. The molecule has 6 nitrogen and oxygen atoms in total. The lowest BCUT2D eigenvalue weighted by Crippen LogP contribution is -2.31. The molecule has 108 valence electrons. The molecular formula is C14H18N2O4. The second-order valence-corrected chi connectivity index (χ2v) is 4.79. The van der Waals surface area contributed by atoms with Gasteiger partial charge in [-0.3, -0.25) is 4.79 Å². The molecule has 1 aromatic carbocycles. The number of carbonyl (C=O) groups excluding carboxylic acids is 1. The van der Waals surface area contributed by atoms with Crippen molar-refractivity contribution in [2.45, 2.75) is 25.9 Å². The molecule has 20 heavy (non-hydrogen) atoms. The van der Waals surface area contributed by atoms with Gasteiger partial charge in [0.15, 0.2) is 11.9 Å². The Kier molecular flexibility index (Phi) is 4.24. The lowest BCUT2D eigenvalue weighted by molar-refractivity contribution is -0.137. The Bertz CT molecular complexity index is 542. The third-order valence-corrected chi connectivity index (χ3v) is 3.26. The van der Waals surface area contributed by atoms with Gasteiger partial charge in [0.05, 0.1) is 11.4 Å². The van der Waals surface area contributed by atoms with E-state index in [9.17, 15) is 9.59 Å². The maximum atomic E-state index is 12.1. The standard InChI is InChI=1S/C14H18N2O4/c1-8-6-10-11(16-13(15-10)14(18)19)7-9(8)12(17)4-3-5-20-2/h6-7,13,15-16H,3-5H2,1-2H3,(H,18,19). The number of anilines is 2. The first-order chi connectivity index (χ1) is 9.52. The molecule has 1 aliphatic heterocycles. The summed E-state index contributed by atoms with van der Waals surface area (Å²) in [7, 11) is 1.60. The number of ketones is 1. The van der Waals surface area contributed by atoms with Crippen molar-refractivity contribution < 1.29 is 19.4 Å². The topological polar surface area (TPSA) is 87.7 Å². The number of aryl methyl sites for hydroxylation is 1. The molecule has 0 saturated carbocycles. The molecule has 1 aromatic rings. The van der Waals surface area contributed by atoms with Crippen LogP contribution >= 0.6 is 0 Å². The number of carboxylic acid groups (broad SMARTS) is 1. The molecule has 0 fully saturated rings. The molecule has 6 heteroatoms. The zero-order valence-corrected chi connectivity index (χ0v) is 11.5. The summed E-state index contributed by atoms with van der Waals surface area (Å²) in [6.07, 6.45) is 0.252. The van der Waals surface area contributed by atoms with Crippen molar-refractivity contribution in [2.24, 2.45) is 0 Å². The Labute approximate surface area is 117 Å². The lowest BCUT2D eigenvalue weighted by Gasteiger charge is -2.08. The molecule has 0 saturated heterocycles. The maximum absolute atomic E-state index is 12.1. The number of rotatable bonds is 6. The van der Waals surface area contributed by atoms with Crippen LogP contribution in [0.25, 0.3) is 0 Å². The van der Waals surface area contributed by atoms with E-state index in [4.69, 9.17) is 9.84 Å². The minimum absolute atomic E-state index is 0.0444.